The van der Waals surface area contributed by atoms with Gasteiger partial charge in [0.2, 0.25) is 5.91 Å². The molecule has 2 heterocycles. The van der Waals surface area contributed by atoms with Gasteiger partial charge in [-0.2, -0.15) is 5.10 Å². The summed E-state index contributed by atoms with van der Waals surface area (Å²) in [7, 11) is 0. The smallest absolute Gasteiger partial charge is 0.291 e. The third kappa shape index (κ3) is 4.23. The second kappa shape index (κ2) is 9.26. The first-order chi connectivity index (χ1) is 16.4. The number of para-hydroxylation sites is 1. The van der Waals surface area contributed by atoms with Gasteiger partial charge in [-0.25, -0.2) is 4.68 Å². The van der Waals surface area contributed by atoms with Crippen molar-refractivity contribution >= 4 is 39.3 Å². The zero-order valence-electron chi connectivity index (χ0n) is 19.5. The van der Waals surface area contributed by atoms with Gasteiger partial charge >= 0.3 is 0 Å². The van der Waals surface area contributed by atoms with Gasteiger partial charge in [-0.15, -0.1) is 0 Å². The molecule has 5 rings (SSSR count). The van der Waals surface area contributed by atoms with E-state index < -0.39 is 0 Å². The van der Waals surface area contributed by atoms with Gasteiger partial charge in [0.15, 0.2) is 0 Å². The number of aromatic nitrogens is 3. The van der Waals surface area contributed by atoms with E-state index in [2.05, 4.69) is 24.3 Å². The van der Waals surface area contributed by atoms with Crippen LogP contribution in [0.4, 0.5) is 0 Å². The molecule has 3 unspecified atom stereocenters. The SMILES string of the molecule is CC1CCCC(NC(=O)Cn2ncc3c4ccccc4n(Cc4ccc(Cl)cc4)c3c2=O)C1C. The van der Waals surface area contributed by atoms with Crippen LogP contribution in [0.25, 0.3) is 21.8 Å². The molecule has 4 aromatic rings. The maximum atomic E-state index is 13.6. The number of nitrogens with one attached hydrogen (secondary N) is 1. The highest BCUT2D eigenvalue weighted by Gasteiger charge is 2.28. The molecule has 1 aliphatic carbocycles. The summed E-state index contributed by atoms with van der Waals surface area (Å²) in [4.78, 5) is 26.5. The van der Waals surface area contributed by atoms with Gasteiger partial charge < -0.3 is 9.88 Å². The summed E-state index contributed by atoms with van der Waals surface area (Å²) < 4.78 is 3.29. The Hall–Kier alpha value is -3.12. The fraction of sp³-hybridized carbons (Fsp3) is 0.370. The molecule has 2 aromatic carbocycles. The van der Waals surface area contributed by atoms with Crippen LogP contribution in [0.1, 0.15) is 38.7 Å². The predicted molar refractivity (Wildman–Crippen MR) is 136 cm³/mol. The normalized spacial score (nSPS) is 20.6. The molecule has 1 aliphatic rings. The summed E-state index contributed by atoms with van der Waals surface area (Å²) in [6.07, 6.45) is 5.00. The fourth-order valence-electron chi connectivity index (χ4n) is 5.22. The predicted octanol–water partition coefficient (Wildman–Crippen LogP) is 4.99. The average Bonchev–Trinajstić information content (AvgIpc) is 3.14. The van der Waals surface area contributed by atoms with E-state index in [0.717, 1.165) is 34.7 Å². The van der Waals surface area contributed by atoms with Gasteiger partial charge in [0.25, 0.3) is 5.56 Å². The summed E-state index contributed by atoms with van der Waals surface area (Å²) in [6, 6.07) is 15.7. The third-order valence-electron chi connectivity index (χ3n) is 7.37. The Bertz CT molecular complexity index is 1410. The number of carbonyl (C=O) groups excluding carboxylic acids is 1. The van der Waals surface area contributed by atoms with Crippen LogP contribution < -0.4 is 10.9 Å². The Labute approximate surface area is 203 Å². The summed E-state index contributed by atoms with van der Waals surface area (Å²) in [5.41, 5.74) is 2.29. The molecule has 1 amide bonds. The van der Waals surface area contributed by atoms with Gasteiger partial charge in [-0.1, -0.05) is 68.6 Å². The Morgan fingerprint density at radius 1 is 1.09 bits per heavy atom. The number of halogens is 1. The minimum Gasteiger partial charge on any atom is -0.351 e. The van der Waals surface area contributed by atoms with Gasteiger partial charge in [0.05, 0.1) is 6.20 Å². The minimum absolute atomic E-state index is 0.0884. The summed E-state index contributed by atoms with van der Waals surface area (Å²) >= 11 is 6.06. The van der Waals surface area contributed by atoms with Crippen LogP contribution in [0, 0.1) is 11.8 Å². The highest BCUT2D eigenvalue weighted by atomic mass is 35.5. The van der Waals surface area contributed by atoms with Crippen molar-refractivity contribution in [1.29, 1.82) is 0 Å². The van der Waals surface area contributed by atoms with Gasteiger partial charge in [-0.05, 0) is 42.0 Å². The third-order valence-corrected chi connectivity index (χ3v) is 7.63. The van der Waals surface area contributed by atoms with Crippen molar-refractivity contribution in [2.45, 2.75) is 52.2 Å². The molecule has 34 heavy (non-hydrogen) atoms. The lowest BCUT2D eigenvalue weighted by atomic mass is 9.78. The number of amides is 1. The maximum Gasteiger partial charge on any atom is 0.291 e. The first-order valence-electron chi connectivity index (χ1n) is 11.9. The van der Waals surface area contributed by atoms with Crippen LogP contribution >= 0.6 is 11.6 Å². The Morgan fingerprint density at radius 2 is 1.85 bits per heavy atom. The van der Waals surface area contributed by atoms with E-state index in [1.807, 2.05) is 53.1 Å². The standard InChI is InChI=1S/C27H29ClN4O2/c1-17-6-5-8-23(18(17)2)30-25(33)16-32-27(34)26-22(14-29-32)21-7-3-4-9-24(21)31(26)15-19-10-12-20(28)13-11-19/h3-4,7,9-14,17-18,23H,5-6,8,15-16H2,1-2H3,(H,30,33). The summed E-state index contributed by atoms with van der Waals surface area (Å²) in [5, 5.41) is 9.95. The second-order valence-corrected chi connectivity index (χ2v) is 9.98. The molecule has 176 valence electrons. The monoisotopic (exact) mass is 476 g/mol. The highest BCUT2D eigenvalue weighted by molar-refractivity contribution is 6.30. The molecule has 7 heteroatoms. The zero-order valence-corrected chi connectivity index (χ0v) is 20.3. The van der Waals surface area contributed by atoms with Crippen molar-refractivity contribution in [3.05, 3.63) is 75.7 Å². The van der Waals surface area contributed by atoms with Crippen molar-refractivity contribution in [2.24, 2.45) is 11.8 Å². The zero-order chi connectivity index (χ0) is 23.8. The summed E-state index contributed by atoms with van der Waals surface area (Å²) in [5.74, 6) is 0.840. The van der Waals surface area contributed by atoms with Gasteiger partial charge in [0, 0.05) is 33.9 Å². The van der Waals surface area contributed by atoms with Gasteiger partial charge in [0.1, 0.15) is 12.1 Å². The Kier molecular flexibility index (Phi) is 6.17. The number of benzene rings is 2. The van der Waals surface area contributed by atoms with E-state index in [4.69, 9.17) is 11.6 Å². The van der Waals surface area contributed by atoms with Gasteiger partial charge in [-0.3, -0.25) is 9.59 Å². The molecule has 0 saturated heterocycles. The topological polar surface area (TPSA) is 68.9 Å². The van der Waals surface area contributed by atoms with E-state index in [-0.39, 0.29) is 24.1 Å². The second-order valence-electron chi connectivity index (χ2n) is 9.54. The molecule has 3 atom stereocenters. The lowest BCUT2D eigenvalue weighted by molar-refractivity contribution is -0.123. The molecular weight excluding hydrogens is 448 g/mol. The lowest BCUT2D eigenvalue weighted by Gasteiger charge is -2.34. The number of hydrogen-bond acceptors (Lipinski definition) is 3. The van der Waals surface area contributed by atoms with Crippen molar-refractivity contribution in [1.82, 2.24) is 19.7 Å². The molecular formula is C27H29ClN4O2. The van der Waals surface area contributed by atoms with Crippen LogP contribution in [0.15, 0.2) is 59.5 Å². The van der Waals surface area contributed by atoms with Crippen molar-refractivity contribution in [2.75, 3.05) is 0 Å². The molecule has 0 bridgehead atoms. The van der Waals surface area contributed by atoms with E-state index in [0.29, 0.717) is 28.9 Å². The van der Waals surface area contributed by atoms with E-state index in [1.54, 1.807) is 6.20 Å². The van der Waals surface area contributed by atoms with Crippen LogP contribution in [0.2, 0.25) is 5.02 Å². The number of hydrogen-bond donors (Lipinski definition) is 1. The van der Waals surface area contributed by atoms with Crippen LogP contribution in [0.5, 0.6) is 0 Å². The molecule has 0 spiro atoms. The Balaban J connectivity index is 1.50. The Morgan fingerprint density at radius 3 is 2.65 bits per heavy atom. The van der Waals surface area contributed by atoms with E-state index >= 15 is 0 Å². The molecule has 2 aromatic heterocycles. The molecule has 1 N–H and O–H groups in total. The first-order valence-corrected chi connectivity index (χ1v) is 12.3. The first kappa shape index (κ1) is 22.7. The highest BCUT2D eigenvalue weighted by Crippen LogP contribution is 2.30. The number of rotatable bonds is 5. The van der Waals surface area contributed by atoms with Crippen molar-refractivity contribution in [3.63, 3.8) is 0 Å². The van der Waals surface area contributed by atoms with E-state index in [1.165, 1.54) is 11.1 Å². The molecule has 0 radical (unpaired) electrons. The molecule has 1 fully saturated rings. The lowest BCUT2D eigenvalue weighted by Crippen LogP contribution is -2.45. The number of carbonyl (C=O) groups is 1. The van der Waals surface area contributed by atoms with Crippen LogP contribution in [0.3, 0.4) is 0 Å². The molecule has 0 aliphatic heterocycles. The van der Waals surface area contributed by atoms with E-state index in [9.17, 15) is 9.59 Å². The molecule has 6 nitrogen and oxygen atoms in total. The van der Waals surface area contributed by atoms with Crippen molar-refractivity contribution in [3.8, 4) is 0 Å². The number of nitrogens with zero attached hydrogens (tertiary/aromatic N) is 3. The largest absolute Gasteiger partial charge is 0.351 e. The maximum absolute atomic E-state index is 13.6. The van der Waals surface area contributed by atoms with Crippen LogP contribution in [-0.4, -0.2) is 26.3 Å². The van der Waals surface area contributed by atoms with Crippen LogP contribution in [-0.2, 0) is 17.9 Å². The molecule has 1 saturated carbocycles. The quantitative estimate of drug-likeness (QED) is 0.441. The fourth-order valence-corrected chi connectivity index (χ4v) is 5.34. The number of fused-ring (bicyclic) bond motifs is 3. The van der Waals surface area contributed by atoms with Crippen molar-refractivity contribution < 1.29 is 4.79 Å². The average molecular weight is 477 g/mol. The minimum atomic E-state index is -0.261. The summed E-state index contributed by atoms with van der Waals surface area (Å²) in [6.45, 7) is 4.86.